The summed E-state index contributed by atoms with van der Waals surface area (Å²) in [6.07, 6.45) is 0. The minimum atomic E-state index is -0.602. The van der Waals surface area contributed by atoms with Crippen LogP contribution in [0.5, 0.6) is 5.75 Å². The molecular formula is C16H15FN2O4. The molecule has 0 N–H and O–H groups in total. The Morgan fingerprint density at radius 2 is 1.91 bits per heavy atom. The second-order valence-corrected chi connectivity index (χ2v) is 4.93. The number of amides is 1. The predicted molar refractivity (Wildman–Crippen MR) is 81.8 cm³/mol. The molecule has 0 spiro atoms. The topological polar surface area (TPSA) is 72.7 Å². The van der Waals surface area contributed by atoms with Crippen molar-refractivity contribution in [2.75, 3.05) is 14.2 Å². The number of carbonyl (C=O) groups is 1. The number of hydrogen-bond donors (Lipinski definition) is 0. The standard InChI is InChI=1S/C16H15FN2O4/c1-18(10-11-3-6-13(17)7-4-11)16(20)12-5-8-15(23-2)14(9-12)19(21)22/h3-9H,10H2,1-2H3. The van der Waals surface area contributed by atoms with Crippen LogP contribution < -0.4 is 4.74 Å². The Hall–Kier alpha value is -2.96. The minimum absolute atomic E-state index is 0.0905. The van der Waals surface area contributed by atoms with Gasteiger partial charge in [-0.3, -0.25) is 14.9 Å². The zero-order chi connectivity index (χ0) is 17.0. The van der Waals surface area contributed by atoms with E-state index in [0.29, 0.717) is 0 Å². The molecule has 0 saturated carbocycles. The van der Waals surface area contributed by atoms with Gasteiger partial charge in [-0.1, -0.05) is 12.1 Å². The summed E-state index contributed by atoms with van der Waals surface area (Å²) in [5.41, 5.74) is 0.668. The monoisotopic (exact) mass is 318 g/mol. The highest BCUT2D eigenvalue weighted by molar-refractivity contribution is 5.95. The van der Waals surface area contributed by atoms with Crippen molar-refractivity contribution in [1.82, 2.24) is 4.90 Å². The first kappa shape index (κ1) is 16.4. The Labute approximate surface area is 132 Å². The largest absolute Gasteiger partial charge is 0.490 e. The van der Waals surface area contributed by atoms with Gasteiger partial charge in [0.1, 0.15) is 5.82 Å². The zero-order valence-corrected chi connectivity index (χ0v) is 12.7. The van der Waals surface area contributed by atoms with Gasteiger partial charge in [0.2, 0.25) is 0 Å². The lowest BCUT2D eigenvalue weighted by Crippen LogP contribution is -2.26. The van der Waals surface area contributed by atoms with Crippen LogP contribution in [0.1, 0.15) is 15.9 Å². The molecule has 6 nitrogen and oxygen atoms in total. The molecule has 120 valence electrons. The highest BCUT2D eigenvalue weighted by atomic mass is 19.1. The summed E-state index contributed by atoms with van der Waals surface area (Å²) >= 11 is 0. The van der Waals surface area contributed by atoms with Gasteiger partial charge < -0.3 is 9.64 Å². The molecule has 2 aromatic rings. The van der Waals surface area contributed by atoms with Gasteiger partial charge in [0.05, 0.1) is 12.0 Å². The van der Waals surface area contributed by atoms with Gasteiger partial charge in [-0.2, -0.15) is 0 Å². The van der Waals surface area contributed by atoms with E-state index in [9.17, 15) is 19.3 Å². The third-order valence-corrected chi connectivity index (χ3v) is 3.30. The van der Waals surface area contributed by atoms with Gasteiger partial charge in [-0.25, -0.2) is 4.39 Å². The molecule has 0 heterocycles. The van der Waals surface area contributed by atoms with Crippen LogP contribution in [0.15, 0.2) is 42.5 Å². The number of benzene rings is 2. The molecule has 0 unspecified atom stereocenters. The average molecular weight is 318 g/mol. The SMILES string of the molecule is COc1ccc(C(=O)N(C)Cc2ccc(F)cc2)cc1[N+](=O)[O-]. The molecule has 2 rings (SSSR count). The van der Waals surface area contributed by atoms with E-state index < -0.39 is 4.92 Å². The smallest absolute Gasteiger partial charge is 0.311 e. The molecule has 0 aliphatic carbocycles. The number of hydrogen-bond acceptors (Lipinski definition) is 4. The van der Waals surface area contributed by atoms with Crippen LogP contribution in [-0.2, 0) is 6.54 Å². The van der Waals surface area contributed by atoms with Crippen molar-refractivity contribution in [3.8, 4) is 5.75 Å². The normalized spacial score (nSPS) is 10.2. The van der Waals surface area contributed by atoms with Crippen LogP contribution in [0, 0.1) is 15.9 Å². The van der Waals surface area contributed by atoms with Gasteiger partial charge >= 0.3 is 5.69 Å². The number of rotatable bonds is 5. The number of carbonyl (C=O) groups excluding carboxylic acids is 1. The number of nitro groups is 1. The average Bonchev–Trinajstić information content (AvgIpc) is 2.55. The molecule has 7 heteroatoms. The van der Waals surface area contributed by atoms with Gasteiger partial charge in [-0.05, 0) is 29.8 Å². The molecular weight excluding hydrogens is 303 g/mol. The highest BCUT2D eigenvalue weighted by Gasteiger charge is 2.20. The second-order valence-electron chi connectivity index (χ2n) is 4.93. The van der Waals surface area contributed by atoms with Gasteiger partial charge in [0, 0.05) is 25.2 Å². The quantitative estimate of drug-likeness (QED) is 0.627. The molecule has 0 fully saturated rings. The van der Waals surface area contributed by atoms with E-state index in [2.05, 4.69) is 0 Å². The van der Waals surface area contributed by atoms with Crippen LogP contribution in [0.25, 0.3) is 0 Å². The number of methoxy groups -OCH3 is 1. The van der Waals surface area contributed by atoms with Crippen molar-refractivity contribution in [2.24, 2.45) is 0 Å². The van der Waals surface area contributed by atoms with Crippen molar-refractivity contribution in [3.63, 3.8) is 0 Å². The number of nitrogens with zero attached hydrogens (tertiary/aromatic N) is 2. The maximum atomic E-state index is 12.9. The van der Waals surface area contributed by atoms with Crippen molar-refractivity contribution in [3.05, 3.63) is 69.5 Å². The van der Waals surface area contributed by atoms with Crippen molar-refractivity contribution >= 4 is 11.6 Å². The highest BCUT2D eigenvalue weighted by Crippen LogP contribution is 2.28. The first-order valence-electron chi connectivity index (χ1n) is 6.74. The fraction of sp³-hybridized carbons (Fsp3) is 0.188. The fourth-order valence-electron chi connectivity index (χ4n) is 2.12. The summed E-state index contributed by atoms with van der Waals surface area (Å²) in [7, 11) is 2.90. The predicted octanol–water partition coefficient (Wildman–Crippen LogP) is 3.01. The van der Waals surface area contributed by atoms with Crippen LogP contribution >= 0.6 is 0 Å². The Morgan fingerprint density at radius 3 is 2.48 bits per heavy atom. The second kappa shape index (κ2) is 6.87. The van der Waals surface area contributed by atoms with Gasteiger partial charge in [-0.15, -0.1) is 0 Å². The van der Waals surface area contributed by atoms with E-state index in [-0.39, 0.29) is 35.3 Å². The van der Waals surface area contributed by atoms with E-state index >= 15 is 0 Å². The Bertz CT molecular complexity index is 731. The number of nitro benzene ring substituents is 1. The van der Waals surface area contributed by atoms with Crippen LogP contribution in [-0.4, -0.2) is 29.9 Å². The lowest BCUT2D eigenvalue weighted by molar-refractivity contribution is -0.385. The van der Waals surface area contributed by atoms with E-state index in [0.717, 1.165) is 5.56 Å². The van der Waals surface area contributed by atoms with Crippen LogP contribution in [0.2, 0.25) is 0 Å². The minimum Gasteiger partial charge on any atom is -0.490 e. The first-order valence-corrected chi connectivity index (χ1v) is 6.74. The Kier molecular flexibility index (Phi) is 4.90. The molecule has 23 heavy (non-hydrogen) atoms. The number of ether oxygens (including phenoxy) is 1. The van der Waals surface area contributed by atoms with Crippen molar-refractivity contribution < 1.29 is 18.8 Å². The maximum Gasteiger partial charge on any atom is 0.311 e. The molecule has 0 aliphatic heterocycles. The van der Waals surface area contributed by atoms with E-state index in [1.54, 1.807) is 19.2 Å². The summed E-state index contributed by atoms with van der Waals surface area (Å²) in [4.78, 5) is 24.2. The fourth-order valence-corrected chi connectivity index (χ4v) is 2.12. The Morgan fingerprint density at radius 1 is 1.26 bits per heavy atom. The molecule has 0 radical (unpaired) electrons. The maximum absolute atomic E-state index is 12.9. The summed E-state index contributed by atoms with van der Waals surface area (Å²) in [6.45, 7) is 0.263. The van der Waals surface area contributed by atoms with Gasteiger partial charge in [0.15, 0.2) is 5.75 Å². The van der Waals surface area contributed by atoms with Crippen LogP contribution in [0.4, 0.5) is 10.1 Å². The lowest BCUT2D eigenvalue weighted by Gasteiger charge is -2.17. The molecule has 0 saturated heterocycles. The summed E-state index contributed by atoms with van der Waals surface area (Å²) in [5, 5.41) is 11.0. The summed E-state index contributed by atoms with van der Waals surface area (Å²) in [6, 6.07) is 9.82. The van der Waals surface area contributed by atoms with E-state index in [1.807, 2.05) is 0 Å². The molecule has 2 aromatic carbocycles. The third kappa shape index (κ3) is 3.82. The van der Waals surface area contributed by atoms with E-state index in [4.69, 9.17) is 4.74 Å². The molecule has 0 atom stereocenters. The molecule has 1 amide bonds. The first-order chi connectivity index (χ1) is 10.9. The van der Waals surface area contributed by atoms with Crippen molar-refractivity contribution in [2.45, 2.75) is 6.54 Å². The molecule has 0 aromatic heterocycles. The molecule has 0 bridgehead atoms. The summed E-state index contributed by atoms with van der Waals surface area (Å²) in [5.74, 6) is -0.638. The van der Waals surface area contributed by atoms with Crippen LogP contribution in [0.3, 0.4) is 0 Å². The lowest BCUT2D eigenvalue weighted by atomic mass is 10.1. The summed E-state index contributed by atoms with van der Waals surface area (Å²) < 4.78 is 17.8. The third-order valence-electron chi connectivity index (χ3n) is 3.30. The van der Waals surface area contributed by atoms with Crippen molar-refractivity contribution in [1.29, 1.82) is 0 Å². The zero-order valence-electron chi connectivity index (χ0n) is 12.7. The number of halogens is 1. The molecule has 0 aliphatic rings. The van der Waals surface area contributed by atoms with E-state index in [1.165, 1.54) is 42.3 Å². The van der Waals surface area contributed by atoms with Gasteiger partial charge in [0.25, 0.3) is 5.91 Å². The Balaban J connectivity index is 2.20.